The van der Waals surface area contributed by atoms with Gasteiger partial charge in [0.05, 0.1) is 17.7 Å². The van der Waals surface area contributed by atoms with Crippen molar-refractivity contribution in [3.63, 3.8) is 0 Å². The number of phenolic OH excluding ortho intramolecular Hbond substituents is 1. The summed E-state index contributed by atoms with van der Waals surface area (Å²) in [4.78, 5) is 16.4. The fourth-order valence-corrected chi connectivity index (χ4v) is 3.73. The van der Waals surface area contributed by atoms with Crippen molar-refractivity contribution in [2.45, 2.75) is 4.34 Å². The summed E-state index contributed by atoms with van der Waals surface area (Å²) in [6, 6.07) is 14.0. The van der Waals surface area contributed by atoms with Crippen LogP contribution in [0.2, 0.25) is 5.02 Å². The number of rotatable bonds is 6. The molecule has 26 heavy (non-hydrogen) atoms. The van der Waals surface area contributed by atoms with Gasteiger partial charge in [-0.25, -0.2) is 10.4 Å². The number of thiazole rings is 1. The Morgan fingerprint density at radius 1 is 1.23 bits per heavy atom. The SMILES string of the molecule is O=C(CSc1nc(-c2ccc(Cl)cc2)cs1)N/N=C/c1ccc(O)cc1. The van der Waals surface area contributed by atoms with Crippen molar-refractivity contribution in [2.24, 2.45) is 5.10 Å². The second-order valence-corrected chi connectivity index (χ2v) is 7.70. The van der Waals surface area contributed by atoms with Crippen LogP contribution in [0.3, 0.4) is 0 Å². The number of benzene rings is 2. The number of hydrogen-bond acceptors (Lipinski definition) is 6. The number of phenols is 1. The Hall–Kier alpha value is -2.35. The second kappa shape index (κ2) is 8.84. The molecule has 2 aromatic carbocycles. The average molecular weight is 404 g/mol. The minimum Gasteiger partial charge on any atom is -0.508 e. The van der Waals surface area contributed by atoms with Gasteiger partial charge >= 0.3 is 0 Å². The summed E-state index contributed by atoms with van der Waals surface area (Å²) >= 11 is 8.73. The van der Waals surface area contributed by atoms with Gasteiger partial charge < -0.3 is 5.11 Å². The van der Waals surface area contributed by atoms with E-state index < -0.39 is 0 Å². The number of amides is 1. The molecule has 2 N–H and O–H groups in total. The third kappa shape index (κ3) is 5.32. The number of carbonyl (C=O) groups excluding carboxylic acids is 1. The molecule has 1 heterocycles. The zero-order valence-electron chi connectivity index (χ0n) is 13.4. The number of aromatic hydroxyl groups is 1. The predicted molar refractivity (Wildman–Crippen MR) is 107 cm³/mol. The lowest BCUT2D eigenvalue weighted by molar-refractivity contribution is -0.118. The highest BCUT2D eigenvalue weighted by atomic mass is 35.5. The Morgan fingerprint density at radius 2 is 1.96 bits per heavy atom. The largest absolute Gasteiger partial charge is 0.508 e. The molecule has 1 amide bonds. The first-order chi connectivity index (χ1) is 12.6. The number of nitrogens with zero attached hydrogens (tertiary/aromatic N) is 2. The van der Waals surface area contributed by atoms with E-state index in [-0.39, 0.29) is 17.4 Å². The number of nitrogens with one attached hydrogen (secondary N) is 1. The molecule has 0 aliphatic heterocycles. The summed E-state index contributed by atoms with van der Waals surface area (Å²) < 4.78 is 0.813. The molecular weight excluding hydrogens is 390 g/mol. The van der Waals surface area contributed by atoms with Crippen molar-refractivity contribution in [1.29, 1.82) is 0 Å². The molecule has 0 aliphatic carbocycles. The van der Waals surface area contributed by atoms with Crippen LogP contribution in [0.5, 0.6) is 5.75 Å². The Bertz CT molecular complexity index is 909. The van der Waals surface area contributed by atoms with E-state index in [0.29, 0.717) is 5.02 Å². The van der Waals surface area contributed by atoms with Crippen LogP contribution in [0, 0.1) is 0 Å². The quantitative estimate of drug-likeness (QED) is 0.363. The molecule has 0 saturated carbocycles. The lowest BCUT2D eigenvalue weighted by atomic mass is 10.2. The summed E-state index contributed by atoms with van der Waals surface area (Å²) in [5, 5.41) is 15.7. The van der Waals surface area contributed by atoms with Crippen LogP contribution in [0.15, 0.2) is 63.4 Å². The topological polar surface area (TPSA) is 74.6 Å². The van der Waals surface area contributed by atoms with Crippen LogP contribution in [0.4, 0.5) is 0 Å². The molecule has 132 valence electrons. The lowest BCUT2D eigenvalue weighted by Crippen LogP contribution is -2.19. The molecule has 0 aliphatic rings. The second-order valence-electron chi connectivity index (χ2n) is 5.18. The van der Waals surface area contributed by atoms with Crippen molar-refractivity contribution < 1.29 is 9.90 Å². The fourth-order valence-electron chi connectivity index (χ4n) is 1.98. The fraction of sp³-hybridized carbons (Fsp3) is 0.0556. The third-order valence-corrected chi connectivity index (χ3v) is 5.52. The molecule has 0 bridgehead atoms. The standard InChI is InChI=1S/C18H14ClN3O2S2/c19-14-5-3-13(4-6-14)16-10-25-18(21-16)26-11-17(24)22-20-9-12-1-7-15(23)8-2-12/h1-10,23H,11H2,(H,22,24)/b20-9+. The summed E-state index contributed by atoms with van der Waals surface area (Å²) in [5.41, 5.74) is 5.10. The molecule has 3 rings (SSSR count). The van der Waals surface area contributed by atoms with Gasteiger partial charge in [-0.2, -0.15) is 5.10 Å². The number of hydrazone groups is 1. The molecule has 1 aromatic heterocycles. The normalized spacial score (nSPS) is 11.0. The maximum atomic E-state index is 11.9. The average Bonchev–Trinajstić information content (AvgIpc) is 3.11. The Morgan fingerprint density at radius 3 is 2.69 bits per heavy atom. The van der Waals surface area contributed by atoms with Crippen LogP contribution < -0.4 is 5.43 Å². The van der Waals surface area contributed by atoms with Crippen molar-refractivity contribution in [1.82, 2.24) is 10.4 Å². The molecule has 0 saturated heterocycles. The van der Waals surface area contributed by atoms with Crippen molar-refractivity contribution in [3.05, 3.63) is 64.5 Å². The number of aromatic nitrogens is 1. The van der Waals surface area contributed by atoms with Crippen molar-refractivity contribution >= 4 is 46.8 Å². The molecule has 8 heteroatoms. The monoisotopic (exact) mass is 403 g/mol. The van der Waals surface area contributed by atoms with Gasteiger partial charge in [-0.3, -0.25) is 4.79 Å². The summed E-state index contributed by atoms with van der Waals surface area (Å²) in [6.07, 6.45) is 1.52. The van der Waals surface area contributed by atoms with Gasteiger partial charge in [0.15, 0.2) is 4.34 Å². The van der Waals surface area contributed by atoms with E-state index in [1.807, 2.05) is 29.6 Å². The van der Waals surface area contributed by atoms with E-state index in [1.54, 1.807) is 24.3 Å². The minimum absolute atomic E-state index is 0.184. The zero-order chi connectivity index (χ0) is 18.4. The first kappa shape index (κ1) is 18.4. The maximum absolute atomic E-state index is 11.9. The van der Waals surface area contributed by atoms with Crippen LogP contribution >= 0.6 is 34.7 Å². The summed E-state index contributed by atoms with van der Waals surface area (Å²) in [7, 11) is 0. The Labute approximate surface area is 163 Å². The van der Waals surface area contributed by atoms with Gasteiger partial charge in [-0.1, -0.05) is 35.5 Å². The van der Waals surface area contributed by atoms with Crippen molar-refractivity contribution in [3.8, 4) is 17.0 Å². The van der Waals surface area contributed by atoms with E-state index in [4.69, 9.17) is 11.6 Å². The van der Waals surface area contributed by atoms with E-state index in [0.717, 1.165) is 21.2 Å². The van der Waals surface area contributed by atoms with Gasteiger partial charge in [-0.15, -0.1) is 11.3 Å². The number of carbonyl (C=O) groups is 1. The first-order valence-electron chi connectivity index (χ1n) is 7.55. The van der Waals surface area contributed by atoms with Gasteiger partial charge in [0, 0.05) is 16.0 Å². The maximum Gasteiger partial charge on any atom is 0.250 e. The highest BCUT2D eigenvalue weighted by Gasteiger charge is 2.07. The summed E-state index contributed by atoms with van der Waals surface area (Å²) in [5.74, 6) is 0.192. The van der Waals surface area contributed by atoms with Gasteiger partial charge in [0.1, 0.15) is 5.75 Å². The predicted octanol–water partition coefficient (Wildman–Crippen LogP) is 4.41. The summed E-state index contributed by atoms with van der Waals surface area (Å²) in [6.45, 7) is 0. The lowest BCUT2D eigenvalue weighted by Gasteiger charge is -1.98. The van der Waals surface area contributed by atoms with Crippen LogP contribution in [-0.2, 0) is 4.79 Å². The third-order valence-electron chi connectivity index (χ3n) is 3.25. The number of hydrogen-bond donors (Lipinski definition) is 2. The zero-order valence-corrected chi connectivity index (χ0v) is 15.8. The molecular formula is C18H14ClN3O2S2. The molecule has 0 fully saturated rings. The molecule has 0 atom stereocenters. The van der Waals surface area contributed by atoms with E-state index in [2.05, 4.69) is 15.5 Å². The van der Waals surface area contributed by atoms with Crippen LogP contribution in [-0.4, -0.2) is 28.0 Å². The molecule has 3 aromatic rings. The van der Waals surface area contributed by atoms with Gasteiger partial charge in [0.25, 0.3) is 5.91 Å². The highest BCUT2D eigenvalue weighted by molar-refractivity contribution is 8.01. The van der Waals surface area contributed by atoms with Crippen LogP contribution in [0.25, 0.3) is 11.3 Å². The van der Waals surface area contributed by atoms with E-state index in [9.17, 15) is 9.90 Å². The van der Waals surface area contributed by atoms with Gasteiger partial charge in [0.2, 0.25) is 0 Å². The van der Waals surface area contributed by atoms with Gasteiger partial charge in [-0.05, 0) is 42.0 Å². The first-order valence-corrected chi connectivity index (χ1v) is 9.80. The minimum atomic E-state index is -0.215. The molecule has 0 unspecified atom stereocenters. The molecule has 0 spiro atoms. The van der Waals surface area contributed by atoms with E-state index >= 15 is 0 Å². The van der Waals surface area contributed by atoms with Crippen LogP contribution in [0.1, 0.15) is 5.56 Å². The molecule has 0 radical (unpaired) electrons. The number of halogens is 1. The smallest absolute Gasteiger partial charge is 0.250 e. The molecule has 5 nitrogen and oxygen atoms in total. The Balaban J connectivity index is 1.48. The number of thioether (sulfide) groups is 1. The van der Waals surface area contributed by atoms with E-state index in [1.165, 1.54) is 29.3 Å². The Kier molecular flexibility index (Phi) is 6.27. The highest BCUT2D eigenvalue weighted by Crippen LogP contribution is 2.28. The van der Waals surface area contributed by atoms with Crippen molar-refractivity contribution in [2.75, 3.05) is 5.75 Å².